The predicted octanol–water partition coefficient (Wildman–Crippen LogP) is -0.679. The van der Waals surface area contributed by atoms with Crippen molar-refractivity contribution in [1.29, 1.82) is 0 Å². The van der Waals surface area contributed by atoms with Crippen LogP contribution in [-0.2, 0) is 0 Å². The summed E-state index contributed by atoms with van der Waals surface area (Å²) in [6.45, 7) is -0.0841. The number of hydrogen-bond acceptors (Lipinski definition) is 3. The van der Waals surface area contributed by atoms with Crippen molar-refractivity contribution in [2.45, 2.75) is 6.04 Å². The summed E-state index contributed by atoms with van der Waals surface area (Å²) in [5, 5.41) is 26.3. The minimum Gasteiger partial charge on any atom is -0.465 e. The zero-order valence-corrected chi connectivity index (χ0v) is 7.46. The van der Waals surface area contributed by atoms with Gasteiger partial charge in [0.05, 0.1) is 12.6 Å². The van der Waals surface area contributed by atoms with E-state index in [2.05, 4.69) is 0 Å². The Labute approximate surface area is 80.1 Å². The van der Waals surface area contributed by atoms with Gasteiger partial charge in [-0.3, -0.25) is 4.90 Å². The highest BCUT2D eigenvalue weighted by Gasteiger charge is 2.31. The molecule has 3 N–H and O–H groups in total. The van der Waals surface area contributed by atoms with Crippen LogP contribution in [-0.4, -0.2) is 69.6 Å². The maximum atomic E-state index is 10.6. The number of nitrogens with zero attached hydrogens (tertiary/aromatic N) is 2. The van der Waals surface area contributed by atoms with E-state index in [-0.39, 0.29) is 26.2 Å². The summed E-state index contributed by atoms with van der Waals surface area (Å²) in [6.07, 6.45) is -2.22. The van der Waals surface area contributed by atoms with Gasteiger partial charge in [-0.05, 0) is 0 Å². The van der Waals surface area contributed by atoms with Crippen LogP contribution in [0.15, 0.2) is 0 Å². The minimum atomic E-state index is -1.13. The van der Waals surface area contributed by atoms with Crippen molar-refractivity contribution in [1.82, 2.24) is 9.80 Å². The Morgan fingerprint density at radius 1 is 1.21 bits per heavy atom. The van der Waals surface area contributed by atoms with Gasteiger partial charge in [0.25, 0.3) is 0 Å². The third kappa shape index (κ3) is 2.05. The topological polar surface area (TPSA) is 101 Å². The van der Waals surface area contributed by atoms with Crippen molar-refractivity contribution in [2.75, 3.05) is 26.2 Å². The van der Waals surface area contributed by atoms with E-state index in [9.17, 15) is 9.59 Å². The number of carbonyl (C=O) groups is 2. The highest BCUT2D eigenvalue weighted by atomic mass is 16.4. The van der Waals surface area contributed by atoms with E-state index in [1.54, 1.807) is 0 Å². The molecular weight excluding hydrogens is 192 g/mol. The molecule has 1 atom stereocenters. The summed E-state index contributed by atoms with van der Waals surface area (Å²) >= 11 is 0. The number of amides is 2. The fourth-order valence-corrected chi connectivity index (χ4v) is 1.44. The zero-order valence-electron chi connectivity index (χ0n) is 7.46. The molecule has 1 heterocycles. The van der Waals surface area contributed by atoms with Crippen molar-refractivity contribution in [3.05, 3.63) is 0 Å². The van der Waals surface area contributed by atoms with Gasteiger partial charge >= 0.3 is 12.2 Å². The summed E-state index contributed by atoms with van der Waals surface area (Å²) < 4.78 is 0. The summed E-state index contributed by atoms with van der Waals surface area (Å²) in [5.41, 5.74) is 0. The van der Waals surface area contributed by atoms with Crippen molar-refractivity contribution in [3.63, 3.8) is 0 Å². The molecule has 7 nitrogen and oxygen atoms in total. The largest absolute Gasteiger partial charge is 0.465 e. The van der Waals surface area contributed by atoms with Crippen LogP contribution in [0, 0.1) is 0 Å². The molecule has 0 aromatic carbocycles. The molecule has 14 heavy (non-hydrogen) atoms. The lowest BCUT2D eigenvalue weighted by molar-refractivity contribution is 0.0418. The lowest BCUT2D eigenvalue weighted by Gasteiger charge is -2.37. The van der Waals surface area contributed by atoms with Gasteiger partial charge in [-0.15, -0.1) is 0 Å². The maximum absolute atomic E-state index is 10.6. The molecule has 1 unspecified atom stereocenters. The van der Waals surface area contributed by atoms with E-state index >= 15 is 0 Å². The molecule has 1 rings (SSSR count). The van der Waals surface area contributed by atoms with E-state index in [0.29, 0.717) is 0 Å². The predicted molar refractivity (Wildman–Crippen MR) is 45.2 cm³/mol. The van der Waals surface area contributed by atoms with Gasteiger partial charge in [0.1, 0.15) is 0 Å². The highest BCUT2D eigenvalue weighted by molar-refractivity contribution is 5.68. The summed E-state index contributed by atoms with van der Waals surface area (Å²) in [6, 6.07) is -0.655. The summed E-state index contributed by atoms with van der Waals surface area (Å²) in [4.78, 5) is 23.4. The van der Waals surface area contributed by atoms with Crippen molar-refractivity contribution < 1.29 is 24.9 Å². The lowest BCUT2D eigenvalue weighted by atomic mass is 10.2. The Morgan fingerprint density at radius 2 is 1.86 bits per heavy atom. The molecule has 0 bridgehead atoms. The van der Waals surface area contributed by atoms with Crippen molar-refractivity contribution >= 4 is 12.2 Å². The van der Waals surface area contributed by atoms with Gasteiger partial charge in [-0.2, -0.15) is 0 Å². The van der Waals surface area contributed by atoms with Gasteiger partial charge in [0.2, 0.25) is 0 Å². The molecule has 0 aromatic heterocycles. The monoisotopic (exact) mass is 204 g/mol. The standard InChI is InChI=1S/C7H12N2O5/c10-4-5-3-8(6(11)12)1-2-9(5)7(13)14/h5,10H,1-4H2,(H,11,12)(H,13,14). The van der Waals surface area contributed by atoms with Crippen LogP contribution in [0.1, 0.15) is 0 Å². The Hall–Kier alpha value is -1.50. The fraction of sp³-hybridized carbons (Fsp3) is 0.714. The molecule has 0 aliphatic carbocycles. The van der Waals surface area contributed by atoms with Gasteiger partial charge in [-0.1, -0.05) is 0 Å². The first-order valence-electron chi connectivity index (χ1n) is 4.14. The molecule has 7 heteroatoms. The Bertz CT molecular complexity index is 244. The minimum absolute atomic E-state index is 0.0259. The average Bonchev–Trinajstić information content (AvgIpc) is 2.16. The summed E-state index contributed by atoms with van der Waals surface area (Å²) in [5.74, 6) is 0. The van der Waals surface area contributed by atoms with Crippen LogP contribution >= 0.6 is 0 Å². The summed E-state index contributed by atoms with van der Waals surface area (Å²) in [7, 11) is 0. The SMILES string of the molecule is O=C(O)N1CCN(C(=O)O)C(CO)C1. The van der Waals surface area contributed by atoms with E-state index in [4.69, 9.17) is 15.3 Å². The van der Waals surface area contributed by atoms with Crippen LogP contribution in [0.4, 0.5) is 9.59 Å². The van der Waals surface area contributed by atoms with E-state index in [1.807, 2.05) is 0 Å². The second kappa shape index (κ2) is 4.14. The molecule has 0 radical (unpaired) electrons. The highest BCUT2D eigenvalue weighted by Crippen LogP contribution is 2.09. The third-order valence-corrected chi connectivity index (χ3v) is 2.21. The molecule has 80 valence electrons. The first-order valence-corrected chi connectivity index (χ1v) is 4.14. The molecule has 0 saturated carbocycles. The molecule has 0 aromatic rings. The van der Waals surface area contributed by atoms with Crippen LogP contribution < -0.4 is 0 Å². The average molecular weight is 204 g/mol. The van der Waals surface area contributed by atoms with Crippen LogP contribution in [0.5, 0.6) is 0 Å². The Balaban J connectivity index is 2.63. The molecule has 1 aliphatic rings. The van der Waals surface area contributed by atoms with E-state index in [0.717, 1.165) is 9.80 Å². The Kier molecular flexibility index (Phi) is 3.13. The first kappa shape index (κ1) is 10.6. The number of piperazine rings is 1. The second-order valence-electron chi connectivity index (χ2n) is 3.04. The molecule has 1 saturated heterocycles. The normalized spacial score (nSPS) is 22.2. The van der Waals surface area contributed by atoms with Crippen LogP contribution in [0.2, 0.25) is 0 Å². The smallest absolute Gasteiger partial charge is 0.407 e. The third-order valence-electron chi connectivity index (χ3n) is 2.21. The first-order chi connectivity index (χ1) is 6.56. The molecule has 1 fully saturated rings. The molecular formula is C7H12N2O5. The molecule has 1 aliphatic heterocycles. The number of hydrogen-bond donors (Lipinski definition) is 3. The van der Waals surface area contributed by atoms with Crippen molar-refractivity contribution in [3.8, 4) is 0 Å². The molecule has 2 amide bonds. The van der Waals surface area contributed by atoms with Gasteiger partial charge < -0.3 is 20.2 Å². The number of rotatable bonds is 1. The van der Waals surface area contributed by atoms with Gasteiger partial charge in [0.15, 0.2) is 0 Å². The quantitative estimate of drug-likeness (QED) is 0.525. The number of aliphatic hydroxyl groups excluding tert-OH is 1. The van der Waals surface area contributed by atoms with Gasteiger partial charge in [-0.25, -0.2) is 9.59 Å². The van der Waals surface area contributed by atoms with E-state index in [1.165, 1.54) is 0 Å². The maximum Gasteiger partial charge on any atom is 0.407 e. The van der Waals surface area contributed by atoms with Crippen molar-refractivity contribution in [2.24, 2.45) is 0 Å². The van der Waals surface area contributed by atoms with E-state index < -0.39 is 18.2 Å². The zero-order chi connectivity index (χ0) is 10.7. The van der Waals surface area contributed by atoms with Crippen LogP contribution in [0.3, 0.4) is 0 Å². The Morgan fingerprint density at radius 3 is 2.29 bits per heavy atom. The number of aliphatic hydroxyl groups is 1. The lowest BCUT2D eigenvalue weighted by Crippen LogP contribution is -2.57. The fourth-order valence-electron chi connectivity index (χ4n) is 1.44. The second-order valence-corrected chi connectivity index (χ2v) is 3.04. The molecule has 0 spiro atoms. The van der Waals surface area contributed by atoms with Crippen LogP contribution in [0.25, 0.3) is 0 Å². The number of carboxylic acid groups (broad SMARTS) is 2. The van der Waals surface area contributed by atoms with Gasteiger partial charge in [0, 0.05) is 19.6 Å².